The first-order valence-corrected chi connectivity index (χ1v) is 6.07. The number of hydrogen-bond donors (Lipinski definition) is 2. The summed E-state index contributed by atoms with van der Waals surface area (Å²) in [6.07, 6.45) is 7.41. The summed E-state index contributed by atoms with van der Waals surface area (Å²) < 4.78 is 0. The number of aliphatic hydroxyl groups is 1. The second-order valence-corrected chi connectivity index (χ2v) is 4.19. The van der Waals surface area contributed by atoms with E-state index in [0.717, 1.165) is 18.4 Å². The van der Waals surface area contributed by atoms with E-state index in [1.807, 2.05) is 12.1 Å². The zero-order chi connectivity index (χ0) is 11.8. The molecule has 1 aromatic heterocycles. The maximum absolute atomic E-state index is 10.1. The third-order valence-electron chi connectivity index (χ3n) is 2.96. The molecule has 0 aliphatic carbocycles. The highest BCUT2D eigenvalue weighted by Crippen LogP contribution is 2.21. The van der Waals surface area contributed by atoms with E-state index < -0.39 is 0 Å². The molecule has 2 atom stereocenters. The molecular weight excluding hydrogens is 200 g/mol. The fourth-order valence-corrected chi connectivity index (χ4v) is 1.93. The van der Waals surface area contributed by atoms with E-state index in [9.17, 15) is 5.11 Å². The van der Waals surface area contributed by atoms with E-state index >= 15 is 0 Å². The average molecular weight is 222 g/mol. The molecular formula is C13H22N2O. The van der Waals surface area contributed by atoms with Crippen LogP contribution in [-0.2, 0) is 0 Å². The molecule has 3 heteroatoms. The number of pyridine rings is 1. The molecule has 1 heterocycles. The van der Waals surface area contributed by atoms with E-state index in [1.165, 1.54) is 12.8 Å². The SMILES string of the molecule is CCCCCC(O)C(CN)c1ccncc1. The Labute approximate surface area is 97.7 Å². The van der Waals surface area contributed by atoms with Crippen molar-refractivity contribution in [3.8, 4) is 0 Å². The van der Waals surface area contributed by atoms with Gasteiger partial charge in [0.05, 0.1) is 6.10 Å². The van der Waals surface area contributed by atoms with Crippen molar-refractivity contribution in [2.45, 2.75) is 44.6 Å². The highest BCUT2D eigenvalue weighted by molar-refractivity contribution is 5.17. The lowest BCUT2D eigenvalue weighted by atomic mass is 9.91. The molecule has 1 rings (SSSR count). The molecule has 0 aliphatic heterocycles. The summed E-state index contributed by atoms with van der Waals surface area (Å²) in [6, 6.07) is 3.86. The van der Waals surface area contributed by atoms with Crippen LogP contribution in [0.2, 0.25) is 0 Å². The molecule has 0 spiro atoms. The second kappa shape index (κ2) is 7.36. The van der Waals surface area contributed by atoms with Crippen molar-refractivity contribution >= 4 is 0 Å². The Morgan fingerprint density at radius 1 is 1.31 bits per heavy atom. The molecule has 0 amide bonds. The molecule has 2 unspecified atom stereocenters. The quantitative estimate of drug-likeness (QED) is 0.694. The van der Waals surface area contributed by atoms with Crippen molar-refractivity contribution in [1.82, 2.24) is 4.98 Å². The van der Waals surface area contributed by atoms with E-state index in [4.69, 9.17) is 5.73 Å². The van der Waals surface area contributed by atoms with Crippen molar-refractivity contribution < 1.29 is 5.11 Å². The molecule has 3 N–H and O–H groups in total. The van der Waals surface area contributed by atoms with Crippen molar-refractivity contribution in [3.05, 3.63) is 30.1 Å². The first-order chi connectivity index (χ1) is 7.79. The second-order valence-electron chi connectivity index (χ2n) is 4.19. The molecule has 16 heavy (non-hydrogen) atoms. The number of nitrogens with zero attached hydrogens (tertiary/aromatic N) is 1. The number of nitrogens with two attached hydrogens (primary N) is 1. The van der Waals surface area contributed by atoms with Gasteiger partial charge in [0.2, 0.25) is 0 Å². The summed E-state index contributed by atoms with van der Waals surface area (Å²) in [6.45, 7) is 2.65. The Morgan fingerprint density at radius 3 is 2.56 bits per heavy atom. The maximum Gasteiger partial charge on any atom is 0.0620 e. The third-order valence-corrected chi connectivity index (χ3v) is 2.96. The van der Waals surface area contributed by atoms with Crippen LogP contribution in [0.15, 0.2) is 24.5 Å². The van der Waals surface area contributed by atoms with Crippen LogP contribution in [0.25, 0.3) is 0 Å². The van der Waals surface area contributed by atoms with Gasteiger partial charge in [0.1, 0.15) is 0 Å². The monoisotopic (exact) mass is 222 g/mol. The van der Waals surface area contributed by atoms with E-state index in [0.29, 0.717) is 6.54 Å². The molecule has 0 saturated carbocycles. The number of rotatable bonds is 7. The Kier molecular flexibility index (Phi) is 6.04. The van der Waals surface area contributed by atoms with Crippen LogP contribution in [0.4, 0.5) is 0 Å². The lowest BCUT2D eigenvalue weighted by Crippen LogP contribution is -2.25. The zero-order valence-electron chi connectivity index (χ0n) is 9.97. The molecule has 0 aliphatic rings. The fraction of sp³-hybridized carbons (Fsp3) is 0.615. The lowest BCUT2D eigenvalue weighted by molar-refractivity contribution is 0.132. The highest BCUT2D eigenvalue weighted by Gasteiger charge is 2.18. The van der Waals surface area contributed by atoms with Gasteiger partial charge in [-0.25, -0.2) is 0 Å². The van der Waals surface area contributed by atoms with Crippen LogP contribution in [-0.4, -0.2) is 22.7 Å². The summed E-state index contributed by atoms with van der Waals surface area (Å²) in [5.41, 5.74) is 6.81. The fourth-order valence-electron chi connectivity index (χ4n) is 1.93. The van der Waals surface area contributed by atoms with Crippen molar-refractivity contribution in [2.75, 3.05) is 6.54 Å². The number of aliphatic hydroxyl groups excluding tert-OH is 1. The number of aromatic nitrogens is 1. The Morgan fingerprint density at radius 2 is 2.00 bits per heavy atom. The first-order valence-electron chi connectivity index (χ1n) is 6.07. The van der Waals surface area contributed by atoms with E-state index in [1.54, 1.807) is 12.4 Å². The van der Waals surface area contributed by atoms with Crippen LogP contribution < -0.4 is 5.73 Å². The van der Waals surface area contributed by atoms with Crippen LogP contribution >= 0.6 is 0 Å². The van der Waals surface area contributed by atoms with Gasteiger partial charge >= 0.3 is 0 Å². The molecule has 90 valence electrons. The zero-order valence-corrected chi connectivity index (χ0v) is 9.97. The van der Waals surface area contributed by atoms with E-state index in [-0.39, 0.29) is 12.0 Å². The molecule has 1 aromatic rings. The van der Waals surface area contributed by atoms with Gasteiger partial charge in [-0.3, -0.25) is 4.98 Å². The van der Waals surface area contributed by atoms with E-state index in [2.05, 4.69) is 11.9 Å². The summed E-state index contributed by atoms with van der Waals surface area (Å²) in [5.74, 6) is 0.0415. The van der Waals surface area contributed by atoms with Crippen LogP contribution in [0.5, 0.6) is 0 Å². The standard InChI is InChI=1S/C13H22N2O/c1-2-3-4-5-13(16)12(10-14)11-6-8-15-9-7-11/h6-9,12-13,16H,2-5,10,14H2,1H3. The molecule has 0 fully saturated rings. The topological polar surface area (TPSA) is 59.1 Å². The van der Waals surface area contributed by atoms with Crippen LogP contribution in [0.1, 0.15) is 44.1 Å². The summed E-state index contributed by atoms with van der Waals surface area (Å²) in [5, 5.41) is 10.1. The smallest absolute Gasteiger partial charge is 0.0620 e. The van der Waals surface area contributed by atoms with Gasteiger partial charge in [-0.05, 0) is 24.1 Å². The maximum atomic E-state index is 10.1. The average Bonchev–Trinajstić information content (AvgIpc) is 2.32. The summed E-state index contributed by atoms with van der Waals surface area (Å²) in [7, 11) is 0. The molecule has 0 bridgehead atoms. The number of unbranched alkanes of at least 4 members (excludes halogenated alkanes) is 2. The minimum absolute atomic E-state index is 0.0415. The van der Waals surface area contributed by atoms with Crippen LogP contribution in [0, 0.1) is 0 Å². The predicted octanol–water partition coefficient (Wildman–Crippen LogP) is 2.07. The van der Waals surface area contributed by atoms with Crippen molar-refractivity contribution in [3.63, 3.8) is 0 Å². The van der Waals surface area contributed by atoms with Crippen molar-refractivity contribution in [2.24, 2.45) is 5.73 Å². The predicted molar refractivity (Wildman–Crippen MR) is 66.2 cm³/mol. The molecule has 3 nitrogen and oxygen atoms in total. The minimum atomic E-state index is -0.334. The van der Waals surface area contributed by atoms with Gasteiger partial charge in [-0.1, -0.05) is 26.2 Å². The number of hydrogen-bond acceptors (Lipinski definition) is 3. The molecule has 0 saturated heterocycles. The van der Waals surface area contributed by atoms with Gasteiger partial charge < -0.3 is 10.8 Å². The van der Waals surface area contributed by atoms with Gasteiger partial charge in [0.15, 0.2) is 0 Å². The van der Waals surface area contributed by atoms with Crippen molar-refractivity contribution in [1.29, 1.82) is 0 Å². The first kappa shape index (κ1) is 13.1. The largest absolute Gasteiger partial charge is 0.392 e. The minimum Gasteiger partial charge on any atom is -0.392 e. The van der Waals surface area contributed by atoms with Gasteiger partial charge in [0.25, 0.3) is 0 Å². The molecule has 0 radical (unpaired) electrons. The Balaban J connectivity index is 2.53. The molecule has 0 aromatic carbocycles. The highest BCUT2D eigenvalue weighted by atomic mass is 16.3. The third kappa shape index (κ3) is 3.91. The van der Waals surface area contributed by atoms with Gasteiger partial charge in [-0.15, -0.1) is 0 Å². The Bertz CT molecular complexity index is 277. The van der Waals surface area contributed by atoms with Gasteiger partial charge in [-0.2, -0.15) is 0 Å². The van der Waals surface area contributed by atoms with Gasteiger partial charge in [0, 0.05) is 24.9 Å². The van der Waals surface area contributed by atoms with Crippen LogP contribution in [0.3, 0.4) is 0 Å². The lowest BCUT2D eigenvalue weighted by Gasteiger charge is -2.21. The summed E-state index contributed by atoms with van der Waals surface area (Å²) in [4.78, 5) is 3.97. The Hall–Kier alpha value is -0.930. The normalized spacial score (nSPS) is 14.7. The summed E-state index contributed by atoms with van der Waals surface area (Å²) >= 11 is 0.